The van der Waals surface area contributed by atoms with Gasteiger partial charge in [0.1, 0.15) is 35.4 Å². The Morgan fingerprint density at radius 2 is 1.77 bits per heavy atom. The fourth-order valence-electron chi connectivity index (χ4n) is 4.03. The lowest BCUT2D eigenvalue weighted by molar-refractivity contribution is 0.217. The van der Waals surface area contributed by atoms with Gasteiger partial charge in [-0.25, -0.2) is 4.98 Å². The number of para-hydroxylation sites is 1. The zero-order chi connectivity index (χ0) is 21.2. The molecule has 2 aromatic heterocycles. The van der Waals surface area contributed by atoms with Crippen LogP contribution >= 0.6 is 11.3 Å². The first-order valence-corrected chi connectivity index (χ1v) is 11.5. The van der Waals surface area contributed by atoms with Crippen molar-refractivity contribution in [2.75, 3.05) is 13.2 Å². The highest BCUT2D eigenvalue weighted by Gasteiger charge is 2.20. The Balaban J connectivity index is 1.36. The zero-order valence-corrected chi connectivity index (χ0v) is 18.3. The molecule has 0 fully saturated rings. The molecule has 0 unspecified atom stereocenters. The minimum Gasteiger partial charge on any atom is -0.490 e. The minimum absolute atomic E-state index is 0.0584. The van der Waals surface area contributed by atoms with Gasteiger partial charge >= 0.3 is 0 Å². The van der Waals surface area contributed by atoms with Gasteiger partial charge in [-0.3, -0.25) is 4.79 Å². The molecule has 1 aliphatic rings. The van der Waals surface area contributed by atoms with E-state index in [1.165, 1.54) is 22.4 Å². The number of hydrogen-bond donors (Lipinski definition) is 1. The Morgan fingerprint density at radius 3 is 2.65 bits per heavy atom. The molecule has 0 radical (unpaired) electrons. The lowest BCUT2D eigenvalue weighted by atomic mass is 9.97. The van der Waals surface area contributed by atoms with Gasteiger partial charge in [0.25, 0.3) is 5.56 Å². The second kappa shape index (κ2) is 8.55. The molecule has 158 valence electrons. The predicted molar refractivity (Wildman–Crippen MR) is 124 cm³/mol. The summed E-state index contributed by atoms with van der Waals surface area (Å²) in [6.07, 6.45) is 4.35. The maximum atomic E-state index is 12.9. The summed E-state index contributed by atoms with van der Waals surface area (Å²) in [6, 6.07) is 15.6. The van der Waals surface area contributed by atoms with Crippen molar-refractivity contribution >= 4 is 21.6 Å². The first-order valence-electron chi connectivity index (χ1n) is 10.7. The standard InChI is InChI=1S/C25H24N2O3S/c1-16-10-12-17(13-11-16)29-14-15-30-20-8-4-2-6-18(20)23-26-24(28)22-19-7-3-5-9-21(19)31-25(22)27-23/h2,4,6,8,10-13H,3,5,7,9,14-15H2,1H3,(H,26,27,28). The van der Waals surface area contributed by atoms with Gasteiger partial charge in [0, 0.05) is 4.88 Å². The summed E-state index contributed by atoms with van der Waals surface area (Å²) in [7, 11) is 0. The summed E-state index contributed by atoms with van der Waals surface area (Å²) >= 11 is 1.66. The van der Waals surface area contributed by atoms with E-state index in [-0.39, 0.29) is 5.56 Å². The largest absolute Gasteiger partial charge is 0.490 e. The van der Waals surface area contributed by atoms with Crippen LogP contribution in [0.3, 0.4) is 0 Å². The number of aryl methyl sites for hydroxylation is 3. The minimum atomic E-state index is -0.0584. The van der Waals surface area contributed by atoms with Crippen molar-refractivity contribution in [1.82, 2.24) is 9.97 Å². The van der Waals surface area contributed by atoms with Gasteiger partial charge in [-0.2, -0.15) is 0 Å². The SMILES string of the molecule is Cc1ccc(OCCOc2ccccc2-c2nc3sc4c(c3c(=O)[nH]2)CCCC4)cc1. The first-order chi connectivity index (χ1) is 15.2. The number of aromatic nitrogens is 2. The number of H-pyrrole nitrogens is 1. The maximum absolute atomic E-state index is 12.9. The van der Waals surface area contributed by atoms with Crippen LogP contribution in [-0.4, -0.2) is 23.2 Å². The molecular formula is C25H24N2O3S. The first kappa shape index (κ1) is 19.8. The summed E-state index contributed by atoms with van der Waals surface area (Å²) in [5.41, 5.74) is 3.12. The van der Waals surface area contributed by atoms with Crippen LogP contribution in [0.5, 0.6) is 11.5 Å². The van der Waals surface area contributed by atoms with Crippen LogP contribution in [0.25, 0.3) is 21.6 Å². The number of hydrogen-bond acceptors (Lipinski definition) is 5. The quantitative estimate of drug-likeness (QED) is 0.420. The van der Waals surface area contributed by atoms with Crippen molar-refractivity contribution in [3.63, 3.8) is 0 Å². The smallest absolute Gasteiger partial charge is 0.260 e. The van der Waals surface area contributed by atoms with Gasteiger partial charge in [0.05, 0.1) is 10.9 Å². The van der Waals surface area contributed by atoms with Crippen LogP contribution in [0.4, 0.5) is 0 Å². The number of ether oxygens (including phenoxy) is 2. The number of nitrogens with zero attached hydrogens (tertiary/aromatic N) is 1. The summed E-state index contributed by atoms with van der Waals surface area (Å²) in [5, 5.41) is 0.772. The molecule has 4 aromatic rings. The molecule has 5 nitrogen and oxygen atoms in total. The Kier molecular flexibility index (Phi) is 5.47. The van der Waals surface area contributed by atoms with Gasteiger partial charge in [-0.1, -0.05) is 29.8 Å². The average Bonchev–Trinajstić information content (AvgIpc) is 3.17. The lowest BCUT2D eigenvalue weighted by Crippen LogP contribution is -2.12. The Hall–Kier alpha value is -3.12. The molecule has 2 aromatic carbocycles. The second-order valence-electron chi connectivity index (χ2n) is 7.81. The van der Waals surface area contributed by atoms with Crippen LogP contribution in [0.1, 0.15) is 28.8 Å². The van der Waals surface area contributed by atoms with E-state index < -0.39 is 0 Å². The fourth-order valence-corrected chi connectivity index (χ4v) is 5.29. The predicted octanol–water partition coefficient (Wildman–Crippen LogP) is 5.30. The van der Waals surface area contributed by atoms with E-state index in [1.807, 2.05) is 55.5 Å². The van der Waals surface area contributed by atoms with Gasteiger partial charge < -0.3 is 14.5 Å². The van der Waals surface area contributed by atoms with Crippen molar-refractivity contribution in [3.05, 3.63) is 74.9 Å². The normalized spacial score (nSPS) is 13.2. The van der Waals surface area contributed by atoms with E-state index in [4.69, 9.17) is 14.5 Å². The number of aromatic amines is 1. The zero-order valence-electron chi connectivity index (χ0n) is 17.4. The number of rotatable bonds is 6. The van der Waals surface area contributed by atoms with Crippen LogP contribution in [-0.2, 0) is 12.8 Å². The highest BCUT2D eigenvalue weighted by Crippen LogP contribution is 2.35. The van der Waals surface area contributed by atoms with Gasteiger partial charge in [-0.15, -0.1) is 11.3 Å². The van der Waals surface area contributed by atoms with E-state index in [9.17, 15) is 4.79 Å². The molecular weight excluding hydrogens is 408 g/mol. The summed E-state index contributed by atoms with van der Waals surface area (Å²) in [5.74, 6) is 2.05. The van der Waals surface area contributed by atoms with Crippen LogP contribution in [0, 0.1) is 6.92 Å². The van der Waals surface area contributed by atoms with E-state index in [2.05, 4.69) is 4.98 Å². The van der Waals surface area contributed by atoms with Crippen LogP contribution in [0.2, 0.25) is 0 Å². The average molecular weight is 433 g/mol. The maximum Gasteiger partial charge on any atom is 0.260 e. The van der Waals surface area contributed by atoms with Crippen molar-refractivity contribution in [2.24, 2.45) is 0 Å². The lowest BCUT2D eigenvalue weighted by Gasteiger charge is -2.12. The van der Waals surface area contributed by atoms with Crippen molar-refractivity contribution in [2.45, 2.75) is 32.6 Å². The molecule has 0 saturated carbocycles. The molecule has 5 rings (SSSR count). The summed E-state index contributed by atoms with van der Waals surface area (Å²) in [6.45, 7) is 2.87. The fraction of sp³-hybridized carbons (Fsp3) is 0.280. The molecule has 1 aliphatic carbocycles. The molecule has 0 amide bonds. The highest BCUT2D eigenvalue weighted by molar-refractivity contribution is 7.18. The Morgan fingerprint density at radius 1 is 1.00 bits per heavy atom. The third-order valence-electron chi connectivity index (χ3n) is 5.60. The summed E-state index contributed by atoms with van der Waals surface area (Å²) < 4.78 is 11.7. The van der Waals surface area contributed by atoms with Crippen LogP contribution in [0.15, 0.2) is 53.3 Å². The molecule has 0 saturated heterocycles. The highest BCUT2D eigenvalue weighted by atomic mass is 32.1. The topological polar surface area (TPSA) is 64.2 Å². The van der Waals surface area contributed by atoms with Crippen LogP contribution < -0.4 is 15.0 Å². The molecule has 6 heteroatoms. The Labute approximate surface area is 184 Å². The van der Waals surface area contributed by atoms with E-state index in [0.717, 1.165) is 40.8 Å². The number of nitrogens with one attached hydrogen (secondary N) is 1. The molecule has 0 aliphatic heterocycles. The van der Waals surface area contributed by atoms with Gasteiger partial charge in [0.2, 0.25) is 0 Å². The number of fused-ring (bicyclic) bond motifs is 3. The molecule has 0 atom stereocenters. The number of thiophene rings is 1. The molecule has 0 spiro atoms. The second-order valence-corrected chi connectivity index (χ2v) is 8.90. The molecule has 2 heterocycles. The van der Waals surface area contributed by atoms with Gasteiger partial charge in [0.15, 0.2) is 0 Å². The van der Waals surface area contributed by atoms with Crippen molar-refractivity contribution in [3.8, 4) is 22.9 Å². The van der Waals surface area contributed by atoms with E-state index in [0.29, 0.717) is 24.8 Å². The summed E-state index contributed by atoms with van der Waals surface area (Å²) in [4.78, 5) is 22.8. The molecule has 0 bridgehead atoms. The monoisotopic (exact) mass is 432 g/mol. The molecule has 1 N–H and O–H groups in total. The Bertz CT molecular complexity index is 1270. The van der Waals surface area contributed by atoms with Crippen molar-refractivity contribution in [1.29, 1.82) is 0 Å². The number of benzene rings is 2. The third kappa shape index (κ3) is 4.08. The van der Waals surface area contributed by atoms with Crippen molar-refractivity contribution < 1.29 is 9.47 Å². The van der Waals surface area contributed by atoms with Gasteiger partial charge in [-0.05, 0) is 62.4 Å². The van der Waals surface area contributed by atoms with E-state index >= 15 is 0 Å². The molecule has 31 heavy (non-hydrogen) atoms. The third-order valence-corrected chi connectivity index (χ3v) is 6.78. The van der Waals surface area contributed by atoms with E-state index in [1.54, 1.807) is 11.3 Å².